The molecular weight excluding hydrogens is 248 g/mol. The van der Waals surface area contributed by atoms with Gasteiger partial charge in [-0.1, -0.05) is 6.92 Å². The first-order chi connectivity index (χ1) is 8.99. The summed E-state index contributed by atoms with van der Waals surface area (Å²) in [5, 5.41) is 20.6. The zero-order valence-corrected chi connectivity index (χ0v) is 10.9. The predicted molar refractivity (Wildman–Crippen MR) is 65.2 cm³/mol. The number of tetrazole rings is 1. The molecule has 1 unspecified atom stereocenters. The van der Waals surface area contributed by atoms with Gasteiger partial charge in [0.1, 0.15) is 5.69 Å². The summed E-state index contributed by atoms with van der Waals surface area (Å²) in [6, 6.07) is 0. The Balaban J connectivity index is 2.54. The molecule has 0 saturated carbocycles. The summed E-state index contributed by atoms with van der Waals surface area (Å²) in [6.45, 7) is 5.14. The van der Waals surface area contributed by atoms with Gasteiger partial charge in [-0.2, -0.15) is 0 Å². The number of carboxylic acids is 1. The van der Waals surface area contributed by atoms with Crippen LogP contribution in [0.3, 0.4) is 0 Å². The third kappa shape index (κ3) is 2.16. The Kier molecular flexibility index (Phi) is 3.24. The summed E-state index contributed by atoms with van der Waals surface area (Å²) in [6.07, 6.45) is 3.45. The molecule has 0 aliphatic heterocycles. The van der Waals surface area contributed by atoms with E-state index in [1.54, 1.807) is 20.0 Å². The average molecular weight is 262 g/mol. The number of hydrogen-bond acceptors (Lipinski definition) is 6. The topological polar surface area (TPSA) is 107 Å². The minimum atomic E-state index is -1.22. The number of hydrogen-bond donors (Lipinski definition) is 1. The molecule has 0 aromatic carbocycles. The quantitative estimate of drug-likeness (QED) is 0.861. The maximum absolute atomic E-state index is 11.4. The zero-order chi connectivity index (χ0) is 14.0. The van der Waals surface area contributed by atoms with Crippen LogP contribution in [0.25, 0.3) is 11.5 Å². The van der Waals surface area contributed by atoms with Crippen LogP contribution in [0.5, 0.6) is 0 Å². The molecule has 2 heterocycles. The molecule has 1 atom stereocenters. The Morgan fingerprint density at radius 3 is 2.68 bits per heavy atom. The van der Waals surface area contributed by atoms with E-state index >= 15 is 0 Å². The highest BCUT2D eigenvalue weighted by Crippen LogP contribution is 2.24. The van der Waals surface area contributed by atoms with Gasteiger partial charge >= 0.3 is 5.97 Å². The first-order valence-corrected chi connectivity index (χ1v) is 5.80. The molecule has 0 amide bonds. The lowest BCUT2D eigenvalue weighted by molar-refractivity contribution is -0.147. The molecule has 8 heteroatoms. The summed E-state index contributed by atoms with van der Waals surface area (Å²) < 4.78 is 1.27. The molecule has 19 heavy (non-hydrogen) atoms. The van der Waals surface area contributed by atoms with Crippen LogP contribution in [-0.4, -0.2) is 41.3 Å². The third-order valence-electron chi connectivity index (χ3n) is 3.10. The van der Waals surface area contributed by atoms with Crippen molar-refractivity contribution in [2.24, 2.45) is 0 Å². The molecule has 0 fully saturated rings. The molecule has 0 spiro atoms. The number of nitrogens with zero attached hydrogens (tertiary/aromatic N) is 6. The number of aromatic nitrogens is 6. The van der Waals surface area contributed by atoms with Crippen molar-refractivity contribution in [3.63, 3.8) is 0 Å². The van der Waals surface area contributed by atoms with Crippen molar-refractivity contribution in [3.05, 3.63) is 18.1 Å². The highest BCUT2D eigenvalue weighted by Gasteiger charge is 2.37. The van der Waals surface area contributed by atoms with Crippen LogP contribution in [0.4, 0.5) is 0 Å². The zero-order valence-electron chi connectivity index (χ0n) is 10.9. The molecule has 0 bridgehead atoms. The van der Waals surface area contributed by atoms with Crippen molar-refractivity contribution in [2.75, 3.05) is 0 Å². The van der Waals surface area contributed by atoms with Crippen molar-refractivity contribution >= 4 is 5.97 Å². The Bertz CT molecular complexity index is 593. The van der Waals surface area contributed by atoms with E-state index in [-0.39, 0.29) is 0 Å². The van der Waals surface area contributed by atoms with Crippen LogP contribution in [0.2, 0.25) is 0 Å². The second kappa shape index (κ2) is 4.71. The van der Waals surface area contributed by atoms with E-state index in [4.69, 9.17) is 0 Å². The van der Waals surface area contributed by atoms with E-state index in [0.717, 1.165) is 5.69 Å². The van der Waals surface area contributed by atoms with Crippen molar-refractivity contribution in [2.45, 2.75) is 32.7 Å². The van der Waals surface area contributed by atoms with Crippen LogP contribution in [-0.2, 0) is 10.3 Å². The SMILES string of the molecule is CCC(C)(C(=O)O)n1nnnc1-c1cnc(C)cn1. The average Bonchev–Trinajstić information content (AvgIpc) is 2.88. The summed E-state index contributed by atoms with van der Waals surface area (Å²) in [5.74, 6) is -0.706. The summed E-state index contributed by atoms with van der Waals surface area (Å²) >= 11 is 0. The van der Waals surface area contributed by atoms with Gasteiger partial charge in [0.15, 0.2) is 5.54 Å². The second-order valence-electron chi connectivity index (χ2n) is 4.39. The van der Waals surface area contributed by atoms with E-state index in [1.165, 1.54) is 10.9 Å². The summed E-state index contributed by atoms with van der Waals surface area (Å²) in [5.41, 5.74) is -0.0124. The Hall–Kier alpha value is -2.38. The van der Waals surface area contributed by atoms with Gasteiger partial charge in [-0.15, -0.1) is 5.10 Å². The van der Waals surface area contributed by atoms with E-state index in [0.29, 0.717) is 17.9 Å². The summed E-state index contributed by atoms with van der Waals surface area (Å²) in [7, 11) is 0. The molecule has 0 aliphatic rings. The molecule has 2 aromatic heterocycles. The number of aliphatic carboxylic acids is 1. The molecule has 0 radical (unpaired) electrons. The van der Waals surface area contributed by atoms with Gasteiger partial charge < -0.3 is 5.11 Å². The maximum atomic E-state index is 11.4. The number of carbonyl (C=O) groups is 1. The fourth-order valence-corrected chi connectivity index (χ4v) is 1.58. The number of carboxylic acid groups (broad SMARTS) is 1. The van der Waals surface area contributed by atoms with Crippen molar-refractivity contribution in [1.29, 1.82) is 0 Å². The first-order valence-electron chi connectivity index (χ1n) is 5.80. The highest BCUT2D eigenvalue weighted by molar-refractivity contribution is 5.76. The predicted octanol–water partition coefficient (Wildman–Crippen LogP) is 0.648. The molecular formula is C11H14N6O2. The monoisotopic (exact) mass is 262 g/mol. The Morgan fingerprint density at radius 2 is 2.16 bits per heavy atom. The molecule has 2 rings (SSSR count). The van der Waals surface area contributed by atoms with Gasteiger partial charge in [0, 0.05) is 6.20 Å². The minimum absolute atomic E-state index is 0.291. The smallest absolute Gasteiger partial charge is 0.331 e. The normalized spacial score (nSPS) is 14.1. The Labute approximate surface area is 109 Å². The van der Waals surface area contributed by atoms with Gasteiger partial charge in [-0.25, -0.2) is 14.5 Å². The third-order valence-corrected chi connectivity index (χ3v) is 3.10. The van der Waals surface area contributed by atoms with E-state index in [1.807, 2.05) is 6.92 Å². The van der Waals surface area contributed by atoms with Gasteiger partial charge in [-0.3, -0.25) is 4.98 Å². The van der Waals surface area contributed by atoms with Gasteiger partial charge in [0.2, 0.25) is 5.82 Å². The van der Waals surface area contributed by atoms with E-state index in [2.05, 4.69) is 25.5 Å². The van der Waals surface area contributed by atoms with Crippen LogP contribution in [0, 0.1) is 6.92 Å². The lowest BCUT2D eigenvalue weighted by atomic mass is 9.99. The largest absolute Gasteiger partial charge is 0.479 e. The second-order valence-corrected chi connectivity index (χ2v) is 4.39. The molecule has 1 N–H and O–H groups in total. The van der Waals surface area contributed by atoms with E-state index < -0.39 is 11.5 Å². The van der Waals surface area contributed by atoms with Crippen LogP contribution in [0.15, 0.2) is 12.4 Å². The molecule has 0 aliphatic carbocycles. The lowest BCUT2D eigenvalue weighted by Crippen LogP contribution is -2.39. The van der Waals surface area contributed by atoms with Crippen LogP contribution in [0.1, 0.15) is 26.0 Å². The van der Waals surface area contributed by atoms with Crippen LogP contribution >= 0.6 is 0 Å². The maximum Gasteiger partial charge on any atom is 0.331 e. The van der Waals surface area contributed by atoms with Crippen molar-refractivity contribution in [1.82, 2.24) is 30.2 Å². The van der Waals surface area contributed by atoms with Crippen LogP contribution < -0.4 is 0 Å². The molecule has 2 aromatic rings. The van der Waals surface area contributed by atoms with Gasteiger partial charge in [0.05, 0.1) is 11.9 Å². The highest BCUT2D eigenvalue weighted by atomic mass is 16.4. The fraction of sp³-hybridized carbons (Fsp3) is 0.455. The molecule has 8 nitrogen and oxygen atoms in total. The summed E-state index contributed by atoms with van der Waals surface area (Å²) in [4.78, 5) is 19.7. The fourth-order valence-electron chi connectivity index (χ4n) is 1.58. The first kappa shape index (κ1) is 13.1. The Morgan fingerprint density at radius 1 is 1.42 bits per heavy atom. The number of rotatable bonds is 4. The van der Waals surface area contributed by atoms with Gasteiger partial charge in [-0.05, 0) is 30.7 Å². The molecule has 0 saturated heterocycles. The number of aryl methyl sites for hydroxylation is 1. The van der Waals surface area contributed by atoms with Crippen molar-refractivity contribution in [3.8, 4) is 11.5 Å². The minimum Gasteiger partial charge on any atom is -0.479 e. The standard InChI is InChI=1S/C11H14N6O2/c1-4-11(3,10(18)19)17-9(14-15-16-17)8-6-12-7(2)5-13-8/h5-6H,4H2,1-3H3,(H,18,19). The van der Waals surface area contributed by atoms with Gasteiger partial charge in [0.25, 0.3) is 0 Å². The van der Waals surface area contributed by atoms with Crippen molar-refractivity contribution < 1.29 is 9.90 Å². The lowest BCUT2D eigenvalue weighted by Gasteiger charge is -2.23. The molecule has 100 valence electrons. The van der Waals surface area contributed by atoms with E-state index in [9.17, 15) is 9.90 Å².